The number of benzene rings is 1. The summed E-state index contributed by atoms with van der Waals surface area (Å²) < 4.78 is 10.6. The van der Waals surface area contributed by atoms with E-state index in [1.807, 2.05) is 65.0 Å². The second kappa shape index (κ2) is 6.81. The molecule has 0 bridgehead atoms. The van der Waals surface area contributed by atoms with E-state index in [1.165, 1.54) is 0 Å². The van der Waals surface area contributed by atoms with E-state index in [9.17, 15) is 4.79 Å². The number of aromatic nitrogens is 2. The van der Waals surface area contributed by atoms with Gasteiger partial charge in [0.25, 0.3) is 0 Å². The Kier molecular flexibility index (Phi) is 5.03. The van der Waals surface area contributed by atoms with Crippen LogP contribution in [0.25, 0.3) is 11.4 Å². The zero-order valence-corrected chi connectivity index (χ0v) is 14.2. The van der Waals surface area contributed by atoms with Gasteiger partial charge in [0.05, 0.1) is 0 Å². The van der Waals surface area contributed by atoms with E-state index >= 15 is 0 Å². The summed E-state index contributed by atoms with van der Waals surface area (Å²) in [6.45, 7) is 9.38. The summed E-state index contributed by atoms with van der Waals surface area (Å²) >= 11 is 0. The van der Waals surface area contributed by atoms with Crippen LogP contribution in [0.4, 0.5) is 4.79 Å². The zero-order chi connectivity index (χ0) is 17.0. The molecule has 1 atom stereocenters. The van der Waals surface area contributed by atoms with E-state index in [1.54, 1.807) is 0 Å². The molecule has 0 aliphatic heterocycles. The minimum absolute atomic E-state index is 0.0755. The molecular formula is C17H23N3O3. The first-order valence-corrected chi connectivity index (χ1v) is 7.65. The molecule has 2 rings (SSSR count). The van der Waals surface area contributed by atoms with Gasteiger partial charge in [0.15, 0.2) is 0 Å². The van der Waals surface area contributed by atoms with Crippen molar-refractivity contribution in [2.45, 2.75) is 46.3 Å². The molecule has 0 aliphatic carbocycles. The van der Waals surface area contributed by atoms with Crippen LogP contribution in [0.15, 0.2) is 34.9 Å². The standard InChI is InChI=1S/C17H23N3O3/c1-11(2)13(18-16(21)22-17(3,4)5)15-19-14(20-23-15)12-9-7-6-8-10-12/h6-11,13H,1-5H3,(H,18,21)/t13-/m0/s1. The zero-order valence-electron chi connectivity index (χ0n) is 14.2. The minimum atomic E-state index is -0.560. The van der Waals surface area contributed by atoms with Crippen LogP contribution in [0.5, 0.6) is 0 Å². The number of hydrogen-bond donors (Lipinski definition) is 1. The van der Waals surface area contributed by atoms with E-state index in [2.05, 4.69) is 15.5 Å². The molecule has 6 nitrogen and oxygen atoms in total. The molecule has 0 saturated heterocycles. The van der Waals surface area contributed by atoms with E-state index in [0.29, 0.717) is 11.7 Å². The third-order valence-corrected chi connectivity index (χ3v) is 3.08. The molecular weight excluding hydrogens is 294 g/mol. The van der Waals surface area contributed by atoms with Crippen molar-refractivity contribution < 1.29 is 14.1 Å². The number of ether oxygens (including phenoxy) is 1. The largest absolute Gasteiger partial charge is 0.444 e. The third kappa shape index (κ3) is 4.81. The van der Waals surface area contributed by atoms with Crippen LogP contribution < -0.4 is 5.32 Å². The van der Waals surface area contributed by atoms with Crippen LogP contribution in [-0.4, -0.2) is 21.8 Å². The van der Waals surface area contributed by atoms with Gasteiger partial charge in [-0.05, 0) is 26.7 Å². The molecule has 0 spiro atoms. The van der Waals surface area contributed by atoms with Gasteiger partial charge >= 0.3 is 6.09 Å². The molecule has 124 valence electrons. The maximum absolute atomic E-state index is 12.0. The van der Waals surface area contributed by atoms with Crippen molar-refractivity contribution in [2.75, 3.05) is 0 Å². The van der Waals surface area contributed by atoms with E-state index in [-0.39, 0.29) is 5.92 Å². The van der Waals surface area contributed by atoms with Crippen molar-refractivity contribution in [2.24, 2.45) is 5.92 Å². The van der Waals surface area contributed by atoms with Crippen molar-refractivity contribution in [3.8, 4) is 11.4 Å². The van der Waals surface area contributed by atoms with Gasteiger partial charge in [-0.25, -0.2) is 4.79 Å². The molecule has 0 fully saturated rings. The molecule has 0 saturated carbocycles. The van der Waals surface area contributed by atoms with E-state index in [0.717, 1.165) is 5.56 Å². The summed E-state index contributed by atoms with van der Waals surface area (Å²) in [5.74, 6) is 0.938. The molecule has 0 aliphatic rings. The van der Waals surface area contributed by atoms with Gasteiger partial charge in [-0.3, -0.25) is 0 Å². The first-order valence-electron chi connectivity index (χ1n) is 7.65. The van der Waals surface area contributed by atoms with Crippen molar-refractivity contribution >= 4 is 6.09 Å². The smallest absolute Gasteiger partial charge is 0.408 e. The van der Waals surface area contributed by atoms with Gasteiger partial charge in [-0.2, -0.15) is 4.98 Å². The second-order valence-corrected chi connectivity index (χ2v) is 6.69. The Morgan fingerprint density at radius 1 is 1.22 bits per heavy atom. The number of rotatable bonds is 4. The van der Waals surface area contributed by atoms with Crippen LogP contribution in [0, 0.1) is 5.92 Å². The summed E-state index contributed by atoms with van der Waals surface area (Å²) in [6.07, 6.45) is -0.504. The monoisotopic (exact) mass is 317 g/mol. The highest BCUT2D eigenvalue weighted by atomic mass is 16.6. The molecule has 1 aromatic heterocycles. The quantitative estimate of drug-likeness (QED) is 0.923. The Bertz CT molecular complexity index is 645. The Morgan fingerprint density at radius 3 is 2.43 bits per heavy atom. The average molecular weight is 317 g/mol. The fourth-order valence-corrected chi connectivity index (χ4v) is 2.01. The lowest BCUT2D eigenvalue weighted by atomic mass is 10.0. The molecule has 23 heavy (non-hydrogen) atoms. The van der Waals surface area contributed by atoms with Crippen LogP contribution >= 0.6 is 0 Å². The van der Waals surface area contributed by atoms with Crippen LogP contribution in [0.3, 0.4) is 0 Å². The van der Waals surface area contributed by atoms with Gasteiger partial charge in [0.1, 0.15) is 11.6 Å². The molecule has 6 heteroatoms. The lowest BCUT2D eigenvalue weighted by Crippen LogP contribution is -2.37. The Balaban J connectivity index is 2.16. The third-order valence-electron chi connectivity index (χ3n) is 3.08. The lowest BCUT2D eigenvalue weighted by molar-refractivity contribution is 0.0476. The van der Waals surface area contributed by atoms with Crippen molar-refractivity contribution in [3.63, 3.8) is 0 Å². The number of hydrogen-bond acceptors (Lipinski definition) is 5. The average Bonchev–Trinajstić information content (AvgIpc) is 2.93. The predicted octanol–water partition coefficient (Wildman–Crippen LogP) is 3.96. The lowest BCUT2D eigenvalue weighted by Gasteiger charge is -2.23. The molecule has 1 amide bonds. The Hall–Kier alpha value is -2.37. The fraction of sp³-hybridized carbons (Fsp3) is 0.471. The highest BCUT2D eigenvalue weighted by molar-refractivity contribution is 5.68. The molecule has 1 heterocycles. The second-order valence-electron chi connectivity index (χ2n) is 6.69. The van der Waals surface area contributed by atoms with Gasteiger partial charge in [-0.1, -0.05) is 49.3 Å². The fourth-order valence-electron chi connectivity index (χ4n) is 2.01. The summed E-state index contributed by atoms with van der Waals surface area (Å²) in [6, 6.07) is 9.13. The van der Waals surface area contributed by atoms with Crippen LogP contribution in [0.2, 0.25) is 0 Å². The van der Waals surface area contributed by atoms with Crippen molar-refractivity contribution in [1.29, 1.82) is 0 Å². The first kappa shape index (κ1) is 17.0. The number of amides is 1. The van der Waals surface area contributed by atoms with Crippen LogP contribution in [-0.2, 0) is 4.74 Å². The summed E-state index contributed by atoms with van der Waals surface area (Å²) in [5, 5.41) is 6.79. The van der Waals surface area contributed by atoms with E-state index in [4.69, 9.17) is 9.26 Å². The number of nitrogens with one attached hydrogen (secondary N) is 1. The highest BCUT2D eigenvalue weighted by Crippen LogP contribution is 2.24. The normalized spacial score (nSPS) is 13.0. The number of alkyl carbamates (subject to hydrolysis) is 1. The Labute approximate surface area is 136 Å². The minimum Gasteiger partial charge on any atom is -0.444 e. The number of carbonyl (C=O) groups is 1. The maximum atomic E-state index is 12.0. The molecule has 1 aromatic carbocycles. The Morgan fingerprint density at radius 2 is 1.87 bits per heavy atom. The molecule has 0 radical (unpaired) electrons. The van der Waals surface area contributed by atoms with Gasteiger partial charge in [0.2, 0.25) is 11.7 Å². The van der Waals surface area contributed by atoms with Crippen molar-refractivity contribution in [1.82, 2.24) is 15.5 Å². The van der Waals surface area contributed by atoms with Gasteiger partial charge in [0, 0.05) is 5.56 Å². The van der Waals surface area contributed by atoms with Crippen LogP contribution in [0.1, 0.15) is 46.6 Å². The molecule has 1 N–H and O–H groups in total. The molecule has 2 aromatic rings. The SMILES string of the molecule is CC(C)[C@H](NC(=O)OC(C)(C)C)c1nc(-c2ccccc2)no1. The summed E-state index contributed by atoms with van der Waals surface area (Å²) in [7, 11) is 0. The van der Waals surface area contributed by atoms with E-state index < -0.39 is 17.7 Å². The van der Waals surface area contributed by atoms with Gasteiger partial charge in [-0.15, -0.1) is 0 Å². The van der Waals surface area contributed by atoms with Crippen molar-refractivity contribution in [3.05, 3.63) is 36.2 Å². The predicted molar refractivity (Wildman–Crippen MR) is 86.7 cm³/mol. The highest BCUT2D eigenvalue weighted by Gasteiger charge is 2.27. The first-order chi connectivity index (χ1) is 10.8. The number of carbonyl (C=O) groups excluding carboxylic acids is 1. The summed E-state index contributed by atoms with van der Waals surface area (Å²) in [5.41, 5.74) is 0.303. The maximum Gasteiger partial charge on any atom is 0.408 e. The molecule has 0 unspecified atom stereocenters. The summed E-state index contributed by atoms with van der Waals surface area (Å²) in [4.78, 5) is 16.4. The van der Waals surface area contributed by atoms with Gasteiger partial charge < -0.3 is 14.6 Å². The number of nitrogens with zero attached hydrogens (tertiary/aromatic N) is 2. The topological polar surface area (TPSA) is 77.2 Å².